The summed E-state index contributed by atoms with van der Waals surface area (Å²) in [5.41, 5.74) is 1.20. The Morgan fingerprint density at radius 3 is 2.57 bits per heavy atom. The molecule has 1 aromatic rings. The second-order valence-electron chi connectivity index (χ2n) is 6.80. The highest BCUT2D eigenvalue weighted by atomic mass is 127. The molecule has 0 bridgehead atoms. The van der Waals surface area contributed by atoms with Gasteiger partial charge < -0.3 is 19.7 Å². The number of rotatable bonds is 8. The van der Waals surface area contributed by atoms with Crippen molar-refractivity contribution in [2.75, 3.05) is 39.9 Å². The van der Waals surface area contributed by atoms with Crippen LogP contribution < -0.4 is 5.32 Å². The summed E-state index contributed by atoms with van der Waals surface area (Å²) in [4.78, 5) is 18.6. The van der Waals surface area contributed by atoms with Gasteiger partial charge in [-0.25, -0.2) is 0 Å². The van der Waals surface area contributed by atoms with Gasteiger partial charge in [0, 0.05) is 32.8 Å². The molecule has 6 nitrogen and oxygen atoms in total. The van der Waals surface area contributed by atoms with E-state index in [0.717, 1.165) is 51.4 Å². The predicted molar refractivity (Wildman–Crippen MR) is 123 cm³/mol. The molecule has 1 fully saturated rings. The van der Waals surface area contributed by atoms with Gasteiger partial charge in [0.15, 0.2) is 5.96 Å². The zero-order valence-electron chi connectivity index (χ0n) is 17.2. The van der Waals surface area contributed by atoms with Crippen LogP contribution in [-0.4, -0.2) is 56.7 Å². The average molecular weight is 503 g/mol. The van der Waals surface area contributed by atoms with Crippen molar-refractivity contribution in [2.24, 2.45) is 10.9 Å². The summed E-state index contributed by atoms with van der Waals surface area (Å²) in [6.07, 6.45) is 2.61. The first-order valence-corrected chi connectivity index (χ1v) is 9.93. The summed E-state index contributed by atoms with van der Waals surface area (Å²) in [6.45, 7) is 8.04. The summed E-state index contributed by atoms with van der Waals surface area (Å²) in [5, 5.41) is 3.35. The van der Waals surface area contributed by atoms with E-state index in [9.17, 15) is 4.79 Å². The largest absolute Gasteiger partial charge is 0.469 e. The lowest BCUT2D eigenvalue weighted by atomic mass is 9.97. The van der Waals surface area contributed by atoms with E-state index >= 15 is 0 Å². The second-order valence-corrected chi connectivity index (χ2v) is 6.80. The van der Waals surface area contributed by atoms with Crippen molar-refractivity contribution < 1.29 is 14.3 Å². The van der Waals surface area contributed by atoms with E-state index in [1.807, 2.05) is 18.2 Å². The van der Waals surface area contributed by atoms with E-state index in [0.29, 0.717) is 6.61 Å². The molecule has 1 heterocycles. The SMILES string of the molecule is CCNC(=NCCCOC(C)c1ccccc1)N1CCC(C(=O)OC)CC1.I. The molecule has 28 heavy (non-hydrogen) atoms. The van der Waals surface area contributed by atoms with Gasteiger partial charge in [-0.1, -0.05) is 30.3 Å². The lowest BCUT2D eigenvalue weighted by molar-refractivity contribution is -0.146. The van der Waals surface area contributed by atoms with Gasteiger partial charge in [-0.3, -0.25) is 9.79 Å². The highest BCUT2D eigenvalue weighted by molar-refractivity contribution is 14.0. The molecular formula is C21H34IN3O3. The van der Waals surface area contributed by atoms with E-state index in [-0.39, 0.29) is 42.0 Å². The molecule has 158 valence electrons. The molecule has 2 rings (SSSR count). The van der Waals surface area contributed by atoms with Crippen LogP contribution in [0.1, 0.15) is 44.8 Å². The standard InChI is InChI=1S/C21H33N3O3.HI/c1-4-22-21(24-14-11-19(12-15-24)20(25)26-3)23-13-8-16-27-17(2)18-9-6-5-7-10-18;/h5-7,9-10,17,19H,4,8,11-16H2,1-3H3,(H,22,23);1H. The number of esters is 1. The van der Waals surface area contributed by atoms with Crippen LogP contribution in [0, 0.1) is 5.92 Å². The van der Waals surface area contributed by atoms with Gasteiger partial charge in [0.2, 0.25) is 0 Å². The van der Waals surface area contributed by atoms with Crippen molar-refractivity contribution >= 4 is 35.9 Å². The minimum atomic E-state index is -0.0960. The molecule has 0 amide bonds. The molecule has 0 spiro atoms. The number of nitrogens with zero attached hydrogens (tertiary/aromatic N) is 2. The number of ether oxygens (including phenoxy) is 2. The van der Waals surface area contributed by atoms with Crippen LogP contribution in [0.4, 0.5) is 0 Å². The quantitative estimate of drug-likeness (QED) is 0.193. The van der Waals surface area contributed by atoms with Crippen LogP contribution >= 0.6 is 24.0 Å². The number of halogens is 1. The third kappa shape index (κ3) is 7.95. The number of hydrogen-bond donors (Lipinski definition) is 1. The van der Waals surface area contributed by atoms with Crippen molar-refractivity contribution in [3.05, 3.63) is 35.9 Å². The van der Waals surface area contributed by atoms with E-state index in [1.54, 1.807) is 0 Å². The normalized spacial score (nSPS) is 16.2. The molecule has 1 atom stereocenters. The zero-order valence-corrected chi connectivity index (χ0v) is 19.6. The van der Waals surface area contributed by atoms with Crippen molar-refractivity contribution in [1.82, 2.24) is 10.2 Å². The Kier molecular flexibility index (Phi) is 12.1. The summed E-state index contributed by atoms with van der Waals surface area (Å²) in [6, 6.07) is 10.3. The molecule has 0 aromatic heterocycles. The summed E-state index contributed by atoms with van der Waals surface area (Å²) in [5.74, 6) is 0.847. The highest BCUT2D eigenvalue weighted by Crippen LogP contribution is 2.19. The fourth-order valence-electron chi connectivity index (χ4n) is 3.25. The maximum absolute atomic E-state index is 11.7. The maximum atomic E-state index is 11.7. The topological polar surface area (TPSA) is 63.2 Å². The first-order valence-electron chi connectivity index (χ1n) is 9.93. The predicted octanol–water partition coefficient (Wildman–Crippen LogP) is 3.62. The third-order valence-electron chi connectivity index (χ3n) is 4.86. The molecule has 0 saturated carbocycles. The number of carbonyl (C=O) groups excluding carboxylic acids is 1. The van der Waals surface area contributed by atoms with E-state index < -0.39 is 0 Å². The molecule has 1 N–H and O–H groups in total. The lowest BCUT2D eigenvalue weighted by Gasteiger charge is -2.33. The average Bonchev–Trinajstić information content (AvgIpc) is 2.72. The Balaban J connectivity index is 0.00000392. The van der Waals surface area contributed by atoms with Crippen molar-refractivity contribution in [3.63, 3.8) is 0 Å². The van der Waals surface area contributed by atoms with Gasteiger partial charge in [0.05, 0.1) is 19.1 Å². The Morgan fingerprint density at radius 2 is 1.96 bits per heavy atom. The molecule has 7 heteroatoms. The van der Waals surface area contributed by atoms with Gasteiger partial charge in [-0.15, -0.1) is 24.0 Å². The van der Waals surface area contributed by atoms with E-state index in [1.165, 1.54) is 12.7 Å². The Labute approximate surface area is 186 Å². The van der Waals surface area contributed by atoms with Gasteiger partial charge in [-0.2, -0.15) is 0 Å². The van der Waals surface area contributed by atoms with Crippen LogP contribution in [0.25, 0.3) is 0 Å². The summed E-state index contributed by atoms with van der Waals surface area (Å²) < 4.78 is 10.8. The van der Waals surface area contributed by atoms with Gasteiger partial charge in [0.25, 0.3) is 0 Å². The van der Waals surface area contributed by atoms with Crippen LogP contribution in [0.2, 0.25) is 0 Å². The minimum Gasteiger partial charge on any atom is -0.469 e. The summed E-state index contributed by atoms with van der Waals surface area (Å²) >= 11 is 0. The molecular weight excluding hydrogens is 469 g/mol. The second kappa shape index (κ2) is 13.8. The van der Waals surface area contributed by atoms with Gasteiger partial charge in [-0.05, 0) is 38.7 Å². The third-order valence-corrected chi connectivity index (χ3v) is 4.86. The Bertz CT molecular complexity index is 590. The molecule has 0 aliphatic carbocycles. The monoisotopic (exact) mass is 503 g/mol. The van der Waals surface area contributed by atoms with Crippen molar-refractivity contribution in [3.8, 4) is 0 Å². The highest BCUT2D eigenvalue weighted by Gasteiger charge is 2.26. The molecule has 1 aliphatic rings. The molecule has 1 saturated heterocycles. The van der Waals surface area contributed by atoms with Gasteiger partial charge in [0.1, 0.15) is 0 Å². The summed E-state index contributed by atoms with van der Waals surface area (Å²) in [7, 11) is 1.46. The van der Waals surface area contributed by atoms with E-state index in [2.05, 4.69) is 36.2 Å². The van der Waals surface area contributed by atoms with Crippen molar-refractivity contribution in [2.45, 2.75) is 39.2 Å². The van der Waals surface area contributed by atoms with Crippen LogP contribution in [0.15, 0.2) is 35.3 Å². The molecule has 1 unspecified atom stereocenters. The van der Waals surface area contributed by atoms with Crippen LogP contribution in [-0.2, 0) is 14.3 Å². The lowest BCUT2D eigenvalue weighted by Crippen LogP contribution is -2.46. The Morgan fingerprint density at radius 1 is 1.29 bits per heavy atom. The zero-order chi connectivity index (χ0) is 19.5. The van der Waals surface area contributed by atoms with Crippen LogP contribution in [0.3, 0.4) is 0 Å². The number of likely N-dealkylation sites (tertiary alicyclic amines) is 1. The number of benzene rings is 1. The number of nitrogens with one attached hydrogen (secondary N) is 1. The fourth-order valence-corrected chi connectivity index (χ4v) is 3.25. The fraction of sp³-hybridized carbons (Fsp3) is 0.619. The first kappa shape index (κ1) is 24.7. The number of aliphatic imine (C=N–C) groups is 1. The smallest absolute Gasteiger partial charge is 0.308 e. The number of piperidine rings is 1. The Hall–Kier alpha value is -1.35. The van der Waals surface area contributed by atoms with E-state index in [4.69, 9.17) is 14.5 Å². The number of hydrogen-bond acceptors (Lipinski definition) is 4. The maximum Gasteiger partial charge on any atom is 0.308 e. The number of methoxy groups -OCH3 is 1. The number of guanidine groups is 1. The minimum absolute atomic E-state index is 0. The number of carbonyl (C=O) groups is 1. The first-order chi connectivity index (χ1) is 13.2. The van der Waals surface area contributed by atoms with Crippen LogP contribution in [0.5, 0.6) is 0 Å². The molecule has 1 aliphatic heterocycles. The molecule has 0 radical (unpaired) electrons. The molecule has 1 aromatic carbocycles. The van der Waals surface area contributed by atoms with Crippen molar-refractivity contribution in [1.29, 1.82) is 0 Å². The van der Waals surface area contributed by atoms with Gasteiger partial charge >= 0.3 is 5.97 Å².